The minimum Gasteiger partial charge on any atom is -0.345 e. The first-order valence-electron chi connectivity index (χ1n) is 7.96. The Hall–Kier alpha value is -1.39. The second kappa shape index (κ2) is 6.58. The quantitative estimate of drug-likeness (QED) is 0.770. The summed E-state index contributed by atoms with van der Waals surface area (Å²) in [7, 11) is 0. The summed E-state index contributed by atoms with van der Waals surface area (Å²) in [6.07, 6.45) is 6.54. The lowest BCUT2D eigenvalue weighted by atomic mass is 9.98. The zero-order valence-corrected chi connectivity index (χ0v) is 13.2. The number of hydrogen-bond acceptors (Lipinski definition) is 2. The summed E-state index contributed by atoms with van der Waals surface area (Å²) in [5.41, 5.74) is -0.751. The molecule has 2 atom stereocenters. The monoisotopic (exact) mass is 295 g/mol. The Balaban J connectivity index is 1.95. The van der Waals surface area contributed by atoms with E-state index in [2.05, 4.69) is 29.1 Å². The molecular formula is C16H26FN3O. The molecule has 118 valence electrons. The van der Waals surface area contributed by atoms with Gasteiger partial charge in [0.15, 0.2) is 5.67 Å². The van der Waals surface area contributed by atoms with Crippen molar-refractivity contribution in [3.8, 4) is 0 Å². The van der Waals surface area contributed by atoms with Crippen molar-refractivity contribution in [2.24, 2.45) is 5.92 Å². The molecule has 0 spiro atoms. The van der Waals surface area contributed by atoms with Crippen LogP contribution in [-0.2, 0) is 4.79 Å². The van der Waals surface area contributed by atoms with Crippen molar-refractivity contribution in [3.63, 3.8) is 0 Å². The molecule has 0 bridgehead atoms. The first kappa shape index (κ1) is 16.0. The highest BCUT2D eigenvalue weighted by Gasteiger charge is 2.51. The summed E-state index contributed by atoms with van der Waals surface area (Å²) < 4.78 is 13.8. The number of amides is 1. The highest BCUT2D eigenvalue weighted by atomic mass is 19.1. The number of halogens is 1. The molecule has 4 nitrogen and oxygen atoms in total. The topological polar surface area (TPSA) is 57.8 Å². The maximum Gasteiger partial charge on any atom is 0.258 e. The zero-order chi connectivity index (χ0) is 15.5. The fraction of sp³-hybridized carbons (Fsp3) is 0.750. The third kappa shape index (κ3) is 4.29. The smallest absolute Gasteiger partial charge is 0.258 e. The molecule has 5 heteroatoms. The maximum absolute atomic E-state index is 13.8. The number of aromatic nitrogens is 2. The van der Waals surface area contributed by atoms with Crippen LogP contribution >= 0.6 is 0 Å². The van der Waals surface area contributed by atoms with Crippen molar-refractivity contribution >= 4 is 5.91 Å². The number of rotatable bonds is 8. The SMILES string of the molecule is CCC(C)CCCC(NC(=O)C1(F)CC1)c1cnc(C)[nH]1. The van der Waals surface area contributed by atoms with Crippen LogP contribution in [0.2, 0.25) is 0 Å². The van der Waals surface area contributed by atoms with Gasteiger partial charge in [0.2, 0.25) is 0 Å². The van der Waals surface area contributed by atoms with Crippen LogP contribution in [0, 0.1) is 12.8 Å². The second-order valence-corrected chi connectivity index (χ2v) is 6.36. The predicted octanol–water partition coefficient (Wildman–Crippen LogP) is 3.59. The van der Waals surface area contributed by atoms with Crippen LogP contribution in [-0.4, -0.2) is 21.5 Å². The lowest BCUT2D eigenvalue weighted by molar-refractivity contribution is -0.128. The summed E-state index contributed by atoms with van der Waals surface area (Å²) in [6, 6.07) is -0.170. The Morgan fingerprint density at radius 1 is 1.52 bits per heavy atom. The average Bonchev–Trinajstić information content (AvgIpc) is 3.06. The van der Waals surface area contributed by atoms with Gasteiger partial charge in [0.25, 0.3) is 5.91 Å². The van der Waals surface area contributed by atoms with Crippen LogP contribution in [0.15, 0.2) is 6.20 Å². The van der Waals surface area contributed by atoms with E-state index in [0.29, 0.717) is 18.8 Å². The lowest BCUT2D eigenvalue weighted by Crippen LogP contribution is -2.36. The van der Waals surface area contributed by atoms with E-state index in [1.54, 1.807) is 6.20 Å². The molecule has 1 aliphatic rings. The molecule has 1 aliphatic carbocycles. The summed E-state index contributed by atoms with van der Waals surface area (Å²) in [5.74, 6) is 1.02. The summed E-state index contributed by atoms with van der Waals surface area (Å²) in [4.78, 5) is 19.3. The van der Waals surface area contributed by atoms with Gasteiger partial charge in [-0.15, -0.1) is 0 Å². The van der Waals surface area contributed by atoms with Crippen LogP contribution < -0.4 is 5.32 Å². The number of aryl methyl sites for hydroxylation is 1. The lowest BCUT2D eigenvalue weighted by Gasteiger charge is -2.19. The first-order chi connectivity index (χ1) is 9.94. The van der Waals surface area contributed by atoms with Gasteiger partial charge < -0.3 is 10.3 Å². The molecule has 1 fully saturated rings. The van der Waals surface area contributed by atoms with Gasteiger partial charge in [-0.3, -0.25) is 4.79 Å². The third-order valence-electron chi connectivity index (χ3n) is 4.39. The molecule has 1 aromatic rings. The van der Waals surface area contributed by atoms with E-state index in [0.717, 1.165) is 37.2 Å². The van der Waals surface area contributed by atoms with Crippen molar-refractivity contribution in [1.29, 1.82) is 0 Å². The van der Waals surface area contributed by atoms with E-state index in [-0.39, 0.29) is 6.04 Å². The third-order valence-corrected chi connectivity index (χ3v) is 4.39. The highest BCUT2D eigenvalue weighted by molar-refractivity contribution is 5.88. The molecule has 0 saturated heterocycles. The zero-order valence-electron chi connectivity index (χ0n) is 13.2. The molecule has 1 aromatic heterocycles. The number of hydrogen-bond donors (Lipinski definition) is 2. The molecule has 1 heterocycles. The predicted molar refractivity (Wildman–Crippen MR) is 80.6 cm³/mol. The Labute approximate surface area is 125 Å². The second-order valence-electron chi connectivity index (χ2n) is 6.36. The van der Waals surface area contributed by atoms with Gasteiger partial charge in [-0.05, 0) is 32.1 Å². The minimum atomic E-state index is -1.62. The van der Waals surface area contributed by atoms with Crippen molar-refractivity contribution in [2.75, 3.05) is 0 Å². The number of nitrogens with zero attached hydrogens (tertiary/aromatic N) is 1. The van der Waals surface area contributed by atoms with E-state index in [9.17, 15) is 9.18 Å². The Morgan fingerprint density at radius 3 is 2.76 bits per heavy atom. The van der Waals surface area contributed by atoms with Crippen LogP contribution in [0.5, 0.6) is 0 Å². The molecule has 2 unspecified atom stereocenters. The fourth-order valence-electron chi connectivity index (χ4n) is 2.42. The average molecular weight is 295 g/mol. The van der Waals surface area contributed by atoms with Crippen LogP contribution in [0.4, 0.5) is 4.39 Å². The van der Waals surface area contributed by atoms with Gasteiger partial charge in [-0.25, -0.2) is 9.37 Å². The number of alkyl halides is 1. The summed E-state index contributed by atoms with van der Waals surface area (Å²) in [5, 5.41) is 2.86. The van der Waals surface area contributed by atoms with Gasteiger partial charge in [-0.2, -0.15) is 0 Å². The van der Waals surface area contributed by atoms with Crippen LogP contribution in [0.1, 0.15) is 69.9 Å². The van der Waals surface area contributed by atoms with E-state index in [4.69, 9.17) is 0 Å². The first-order valence-corrected chi connectivity index (χ1v) is 7.96. The van der Waals surface area contributed by atoms with Crippen molar-refractivity contribution in [2.45, 2.75) is 71.0 Å². The number of carbonyl (C=O) groups excluding carboxylic acids is 1. The minimum absolute atomic E-state index is 0.170. The number of carbonyl (C=O) groups is 1. The molecule has 1 saturated carbocycles. The van der Waals surface area contributed by atoms with Crippen LogP contribution in [0.25, 0.3) is 0 Å². The van der Waals surface area contributed by atoms with Gasteiger partial charge in [-0.1, -0.05) is 33.1 Å². The number of H-pyrrole nitrogens is 1. The number of aromatic amines is 1. The van der Waals surface area contributed by atoms with Gasteiger partial charge in [0, 0.05) is 0 Å². The normalized spacial score (nSPS) is 19.0. The van der Waals surface area contributed by atoms with Crippen molar-refractivity contribution in [3.05, 3.63) is 17.7 Å². The molecule has 2 rings (SSSR count). The molecule has 2 N–H and O–H groups in total. The van der Waals surface area contributed by atoms with E-state index < -0.39 is 11.6 Å². The van der Waals surface area contributed by atoms with Gasteiger partial charge in [0.05, 0.1) is 17.9 Å². The Kier molecular flexibility index (Phi) is 5.01. The largest absolute Gasteiger partial charge is 0.345 e. The Bertz CT molecular complexity index is 482. The number of imidazole rings is 1. The van der Waals surface area contributed by atoms with E-state index in [1.807, 2.05) is 6.92 Å². The fourth-order valence-corrected chi connectivity index (χ4v) is 2.42. The van der Waals surface area contributed by atoms with Gasteiger partial charge in [0.1, 0.15) is 5.82 Å². The molecule has 1 amide bonds. The molecule has 0 aliphatic heterocycles. The number of nitrogens with one attached hydrogen (secondary N) is 2. The van der Waals surface area contributed by atoms with Gasteiger partial charge >= 0.3 is 0 Å². The molecule has 0 radical (unpaired) electrons. The summed E-state index contributed by atoms with van der Waals surface area (Å²) in [6.45, 7) is 6.29. The highest BCUT2D eigenvalue weighted by Crippen LogP contribution is 2.40. The molecule has 21 heavy (non-hydrogen) atoms. The van der Waals surface area contributed by atoms with Crippen molar-refractivity contribution in [1.82, 2.24) is 15.3 Å². The van der Waals surface area contributed by atoms with E-state index in [1.165, 1.54) is 0 Å². The summed E-state index contributed by atoms with van der Waals surface area (Å²) >= 11 is 0. The molecule has 0 aromatic carbocycles. The van der Waals surface area contributed by atoms with Crippen LogP contribution in [0.3, 0.4) is 0 Å². The standard InChI is InChI=1S/C16H26FN3O/c1-4-11(2)6-5-7-13(14-10-18-12(3)19-14)20-15(21)16(17)8-9-16/h10-11,13H,4-9H2,1-3H3,(H,18,19)(H,20,21). The maximum atomic E-state index is 13.8. The van der Waals surface area contributed by atoms with Crippen molar-refractivity contribution < 1.29 is 9.18 Å². The Morgan fingerprint density at radius 2 is 2.24 bits per heavy atom. The molecular weight excluding hydrogens is 269 g/mol. The van der Waals surface area contributed by atoms with E-state index >= 15 is 0 Å².